The highest BCUT2D eigenvalue weighted by molar-refractivity contribution is 7.02. The molecule has 1 atom stereocenters. The Kier molecular flexibility index (Phi) is 19300. The summed E-state index contributed by atoms with van der Waals surface area (Å²) in [4.78, 5) is 0. The maximum Gasteiger partial charge on any atom is -0.0185 e. The van der Waals surface area contributed by atoms with E-state index in [2.05, 4.69) is 9.03 Å². The summed E-state index contributed by atoms with van der Waals surface area (Å²) in [5.74, 6) is 0. The van der Waals surface area contributed by atoms with Crippen molar-refractivity contribution < 1.29 is 0 Å². The Hall–Kier alpha value is 0.530. The maximum atomic E-state index is 5.56. The first kappa shape index (κ1) is 62.3. The fraction of sp³-hybridized carbons (Fsp3) is 1.00. The molecule has 0 aliphatic rings. The van der Waals surface area contributed by atoms with Gasteiger partial charge in [-0.25, -0.2) is 0 Å². The van der Waals surface area contributed by atoms with Crippen molar-refractivity contribution in [2.75, 3.05) is 0 Å². The van der Waals surface area contributed by atoms with Crippen LogP contribution in [0.5, 0.6) is 0 Å². The van der Waals surface area contributed by atoms with E-state index in [1.54, 1.807) is 0 Å². The van der Waals surface area contributed by atoms with Gasteiger partial charge < -0.3 is 0 Å². The highest BCUT2D eigenvalue weighted by Crippen LogP contribution is 1.28. The van der Waals surface area contributed by atoms with Crippen molar-refractivity contribution >= 4 is 18.9 Å². The molecule has 0 bridgehead atoms. The molecule has 0 radical (unpaired) electrons. The first-order valence-electron chi connectivity index (χ1n) is 3.25. The third-order valence-electron chi connectivity index (χ3n) is 0. The van der Waals surface area contributed by atoms with Gasteiger partial charge >= 0.3 is 0 Å². The Morgan fingerprint density at radius 1 is 0.636 bits per heavy atom. The monoisotopic (exact) mass is 203 g/mol. The highest BCUT2D eigenvalue weighted by atomic mass is 31.0. The Labute approximate surface area is 81.1 Å². The predicted octanol–water partition coefficient (Wildman–Crippen LogP) is 5.30. The molecule has 0 fully saturated rings. The van der Waals surface area contributed by atoms with E-state index in [9.17, 15) is 0 Å². The van der Waals surface area contributed by atoms with Gasteiger partial charge in [-0.05, 0) is 9.03 Å². The molecule has 1 unspecified atom stereocenters. The zero-order chi connectivity index (χ0) is 8.00. The summed E-state index contributed by atoms with van der Waals surface area (Å²) in [6, 6.07) is 0. The molecule has 0 aromatic rings. The molecule has 78 valence electrons. The quantitative estimate of drug-likeness (QED) is 0.516. The van der Waals surface area contributed by atoms with E-state index in [1.165, 1.54) is 0 Å². The Bertz CT molecular complexity index is 12.1. The molecule has 0 aromatic heterocycles. The maximum absolute atomic E-state index is 5.56. The van der Waals surface area contributed by atoms with Gasteiger partial charge in [-0.3, -0.25) is 5.16 Å². The molecule has 1 N–H and O–H groups in total. The molecule has 0 aliphatic carbocycles. The van der Waals surface area contributed by atoms with Gasteiger partial charge in [0, 0.05) is 0 Å². The van der Waals surface area contributed by atoms with Gasteiger partial charge in [0.2, 0.25) is 0 Å². The van der Waals surface area contributed by atoms with Crippen LogP contribution in [0, 0.1) is 5.16 Å². The fourth-order valence-electron chi connectivity index (χ4n) is 0. The van der Waals surface area contributed by atoms with E-state index in [1.807, 2.05) is 41.5 Å². The van der Waals surface area contributed by atoms with Crippen LogP contribution in [0.2, 0.25) is 0 Å². The predicted molar refractivity (Wildman–Crippen MR) is 69.6 cm³/mol. The van der Waals surface area contributed by atoms with Gasteiger partial charge in [-0.2, -0.15) is 9.90 Å². The van der Waals surface area contributed by atoms with Gasteiger partial charge in [0.05, 0.1) is 0 Å². The van der Waals surface area contributed by atoms with Crippen molar-refractivity contribution in [1.82, 2.24) is 0 Å². The van der Waals surface area contributed by atoms with E-state index < -0.39 is 0 Å². The minimum Gasteiger partial charge on any atom is -0.287 e. The van der Waals surface area contributed by atoms with E-state index in [0.29, 0.717) is 0 Å². The van der Waals surface area contributed by atoms with Gasteiger partial charge in [-0.15, -0.1) is 0 Å². The lowest BCUT2D eigenvalue weighted by Gasteiger charge is -1.07. The van der Waals surface area contributed by atoms with Crippen LogP contribution in [0.1, 0.15) is 56.4 Å². The summed E-state index contributed by atoms with van der Waals surface area (Å²) in [6.07, 6.45) is 0. The molecule has 0 spiro atoms. The van der Waals surface area contributed by atoms with Gasteiger partial charge in [0.15, 0.2) is 0 Å². The van der Waals surface area contributed by atoms with Crippen LogP contribution >= 0.6 is 18.9 Å². The zero-order valence-corrected chi connectivity index (χ0v) is 10.1. The fourth-order valence-corrected chi connectivity index (χ4v) is 0. The summed E-state index contributed by atoms with van der Waals surface area (Å²) in [6.45, 7) is 12.0. The average Bonchev–Trinajstić information content (AvgIpc) is 2.03. The molecule has 11 heavy (non-hydrogen) atoms. The molecule has 1 nitrogen and oxygen atoms in total. The standard InChI is InChI=1S/3C2H6.2CH4.H2NP.H3P/c3*1-2;;;1-2;/h3*1-2H3;2*1H4;1-2H;1H3. The van der Waals surface area contributed by atoms with E-state index in [4.69, 9.17) is 5.16 Å². The third kappa shape index (κ3) is 2730. The molecule has 3 heteroatoms. The molecule has 0 heterocycles. The van der Waals surface area contributed by atoms with E-state index in [0.717, 1.165) is 0 Å². The minimum atomic E-state index is 0. The van der Waals surface area contributed by atoms with Crippen molar-refractivity contribution in [2.45, 2.75) is 56.4 Å². The normalized spacial score (nSPS) is 2.00. The lowest BCUT2D eigenvalue weighted by atomic mass is 11.0. The molecule has 0 aliphatic heterocycles. The Morgan fingerprint density at radius 3 is 0.636 bits per heavy atom. The average molecular weight is 203 g/mol. The van der Waals surface area contributed by atoms with E-state index in [-0.39, 0.29) is 24.8 Å². The van der Waals surface area contributed by atoms with E-state index >= 15 is 0 Å². The second kappa shape index (κ2) is 3400. The number of rotatable bonds is 0. The molecule has 0 saturated heterocycles. The van der Waals surface area contributed by atoms with Gasteiger partial charge in [0.25, 0.3) is 0 Å². The molecule has 0 saturated carbocycles. The number of hydrogen-bond acceptors (Lipinski definition) is 1. The topological polar surface area (TPSA) is 23.9 Å². The summed E-state index contributed by atoms with van der Waals surface area (Å²) < 4.78 is 0. The van der Waals surface area contributed by atoms with Crippen LogP contribution in [0.15, 0.2) is 0 Å². The molecule has 0 aromatic carbocycles. The van der Waals surface area contributed by atoms with Gasteiger partial charge in [-0.1, -0.05) is 56.4 Å². The summed E-state index contributed by atoms with van der Waals surface area (Å²) in [7, 11) is 2.22. The second-order valence-electron chi connectivity index (χ2n) is 0. The SMILES string of the molecule is C.C.CC.CC.CC.N=P.P. The first-order valence-corrected chi connectivity index (χ1v) is 3.75. The first-order chi connectivity index (χ1) is 4.00. The second-order valence-corrected chi connectivity index (χ2v) is 0. The van der Waals surface area contributed by atoms with Crippen molar-refractivity contribution in [1.29, 1.82) is 5.16 Å². The number of nitrogens with one attached hydrogen (secondary N) is 1. The minimum absolute atomic E-state index is 0. The van der Waals surface area contributed by atoms with Crippen LogP contribution < -0.4 is 0 Å². The smallest absolute Gasteiger partial charge is 0.0185 e. The molecular weight excluding hydrogens is 172 g/mol. The third-order valence-corrected chi connectivity index (χ3v) is 0. The van der Waals surface area contributed by atoms with Crippen molar-refractivity contribution in [3.8, 4) is 0 Å². The highest BCUT2D eigenvalue weighted by Gasteiger charge is 0.936. The lowest BCUT2D eigenvalue weighted by Crippen LogP contribution is -0.856. The summed E-state index contributed by atoms with van der Waals surface area (Å²) in [5.41, 5.74) is 0. The van der Waals surface area contributed by atoms with Crippen LogP contribution in [-0.4, -0.2) is 0 Å². The molecule has 0 amide bonds. The Balaban J connectivity index is -0.00000000356. The zero-order valence-electron chi connectivity index (χ0n) is 7.71. The lowest BCUT2D eigenvalue weighted by molar-refractivity contribution is 1.50. The number of hydrogen-bond donors (Lipinski definition) is 1. The Morgan fingerprint density at radius 2 is 0.636 bits per heavy atom. The van der Waals surface area contributed by atoms with Crippen molar-refractivity contribution in [2.24, 2.45) is 0 Å². The van der Waals surface area contributed by atoms with Crippen LogP contribution in [-0.2, 0) is 0 Å². The summed E-state index contributed by atoms with van der Waals surface area (Å²) >= 11 is 0. The van der Waals surface area contributed by atoms with Crippen LogP contribution in [0.4, 0.5) is 0 Å². The molecular formula is C8H31NP2. The van der Waals surface area contributed by atoms with Crippen LogP contribution in [0.25, 0.3) is 0 Å². The summed E-state index contributed by atoms with van der Waals surface area (Å²) in [5, 5.41) is 5.56. The largest absolute Gasteiger partial charge is 0.287 e. The van der Waals surface area contributed by atoms with Crippen molar-refractivity contribution in [3.63, 3.8) is 0 Å². The van der Waals surface area contributed by atoms with Crippen LogP contribution in [0.3, 0.4) is 0 Å². The molecule has 0 rings (SSSR count). The van der Waals surface area contributed by atoms with Crippen molar-refractivity contribution in [3.05, 3.63) is 0 Å². The van der Waals surface area contributed by atoms with Gasteiger partial charge in [0.1, 0.15) is 0 Å².